The Balaban J connectivity index is 2.95. The van der Waals surface area contributed by atoms with Crippen LogP contribution in [-0.4, -0.2) is 14.5 Å². The van der Waals surface area contributed by atoms with E-state index in [-0.39, 0.29) is 22.2 Å². The van der Waals surface area contributed by atoms with Gasteiger partial charge in [-0.05, 0) is 38.0 Å². The summed E-state index contributed by atoms with van der Waals surface area (Å²) in [6.07, 6.45) is 2.73. The van der Waals surface area contributed by atoms with E-state index in [2.05, 4.69) is 4.72 Å². The Morgan fingerprint density at radius 2 is 2.05 bits per heavy atom. The summed E-state index contributed by atoms with van der Waals surface area (Å²) in [6.45, 7) is 5.35. The maximum Gasteiger partial charge on any atom is 0.240 e. The normalized spacial score (nSPS) is 13.5. The van der Waals surface area contributed by atoms with Gasteiger partial charge in [-0.25, -0.2) is 17.5 Å². The molecule has 1 unspecified atom stereocenters. The number of nitrogens with one attached hydrogen (secondary N) is 1. The second-order valence-corrected chi connectivity index (χ2v) is 6.52. The molecule has 0 heterocycles. The van der Waals surface area contributed by atoms with Gasteiger partial charge in [0.25, 0.3) is 0 Å². The first-order chi connectivity index (χ1) is 8.77. The monoisotopic (exact) mass is 288 g/mol. The van der Waals surface area contributed by atoms with E-state index in [9.17, 15) is 12.8 Å². The van der Waals surface area contributed by atoms with Gasteiger partial charge in [0.05, 0.1) is 10.6 Å². The Bertz CT molecular complexity index is 521. The van der Waals surface area contributed by atoms with Crippen LogP contribution in [0.25, 0.3) is 0 Å². The summed E-state index contributed by atoms with van der Waals surface area (Å²) < 4.78 is 40.2. The highest BCUT2D eigenvalue weighted by Crippen LogP contribution is 2.21. The number of benzene rings is 1. The Hall–Kier alpha value is -1.14. The molecule has 0 fully saturated rings. The molecule has 108 valence electrons. The minimum atomic E-state index is -3.65. The number of hydrogen-bond donors (Lipinski definition) is 2. The highest BCUT2D eigenvalue weighted by molar-refractivity contribution is 7.89. The fourth-order valence-electron chi connectivity index (χ4n) is 1.82. The fraction of sp³-hybridized carbons (Fsp3) is 0.538. The standard InChI is InChI=1S/C13H21FN2O2S/c1-4-5-6-10(3)16-19(17,18)11-7-9(2)13(14)12(15)8-11/h7-8,10,16H,4-6,15H2,1-3H3. The van der Waals surface area contributed by atoms with Gasteiger partial charge in [-0.3, -0.25) is 0 Å². The van der Waals surface area contributed by atoms with E-state index < -0.39 is 15.8 Å². The summed E-state index contributed by atoms with van der Waals surface area (Å²) in [5, 5.41) is 0. The molecule has 19 heavy (non-hydrogen) atoms. The van der Waals surface area contributed by atoms with Crippen LogP contribution in [0.1, 0.15) is 38.7 Å². The van der Waals surface area contributed by atoms with Crippen LogP contribution in [0.3, 0.4) is 0 Å². The molecule has 0 amide bonds. The molecule has 0 aliphatic heterocycles. The summed E-state index contributed by atoms with van der Waals surface area (Å²) in [5.41, 5.74) is 5.53. The molecule has 0 radical (unpaired) electrons. The van der Waals surface area contributed by atoms with Crippen molar-refractivity contribution in [3.8, 4) is 0 Å². The van der Waals surface area contributed by atoms with E-state index in [0.29, 0.717) is 0 Å². The van der Waals surface area contributed by atoms with E-state index >= 15 is 0 Å². The Morgan fingerprint density at radius 1 is 1.42 bits per heavy atom. The zero-order valence-electron chi connectivity index (χ0n) is 11.5. The molecule has 1 atom stereocenters. The lowest BCUT2D eigenvalue weighted by atomic mass is 10.2. The first-order valence-electron chi connectivity index (χ1n) is 6.36. The molecule has 1 aromatic rings. The number of unbranched alkanes of at least 4 members (excludes halogenated alkanes) is 1. The van der Waals surface area contributed by atoms with Crippen LogP contribution in [0.4, 0.5) is 10.1 Å². The van der Waals surface area contributed by atoms with Gasteiger partial charge >= 0.3 is 0 Å². The number of halogens is 1. The third-order valence-corrected chi connectivity index (χ3v) is 4.48. The average molecular weight is 288 g/mol. The van der Waals surface area contributed by atoms with E-state index in [1.54, 1.807) is 0 Å². The summed E-state index contributed by atoms with van der Waals surface area (Å²) in [5.74, 6) is -0.571. The maximum atomic E-state index is 13.4. The van der Waals surface area contributed by atoms with Gasteiger partial charge in [-0.2, -0.15) is 0 Å². The van der Waals surface area contributed by atoms with Gasteiger partial charge in [-0.1, -0.05) is 19.8 Å². The second-order valence-electron chi connectivity index (χ2n) is 4.81. The number of rotatable bonds is 6. The van der Waals surface area contributed by atoms with Gasteiger partial charge in [0.2, 0.25) is 10.0 Å². The van der Waals surface area contributed by atoms with Gasteiger partial charge < -0.3 is 5.73 Å². The summed E-state index contributed by atoms with van der Waals surface area (Å²) in [4.78, 5) is 0.00671. The number of nitrogen functional groups attached to an aromatic ring is 1. The summed E-state index contributed by atoms with van der Waals surface area (Å²) in [6, 6.07) is 2.29. The molecule has 1 rings (SSSR count). The lowest BCUT2D eigenvalue weighted by molar-refractivity contribution is 0.534. The minimum absolute atomic E-state index is 0.00671. The Morgan fingerprint density at radius 3 is 2.58 bits per heavy atom. The van der Waals surface area contributed by atoms with Crippen molar-refractivity contribution in [3.05, 3.63) is 23.5 Å². The molecule has 0 bridgehead atoms. The number of hydrogen-bond acceptors (Lipinski definition) is 3. The van der Waals surface area contributed by atoms with Crippen molar-refractivity contribution in [1.29, 1.82) is 0 Å². The lowest BCUT2D eigenvalue weighted by Crippen LogP contribution is -2.32. The van der Waals surface area contributed by atoms with Gasteiger partial charge in [0.1, 0.15) is 5.82 Å². The first kappa shape index (κ1) is 15.9. The molecule has 0 aromatic heterocycles. The Kier molecular flexibility index (Phi) is 5.31. The van der Waals surface area contributed by atoms with Crippen LogP contribution in [0, 0.1) is 12.7 Å². The highest BCUT2D eigenvalue weighted by atomic mass is 32.2. The summed E-state index contributed by atoms with van der Waals surface area (Å²) in [7, 11) is -3.65. The molecule has 0 aliphatic carbocycles. The van der Waals surface area contributed by atoms with Crippen molar-refractivity contribution in [2.75, 3.05) is 5.73 Å². The quantitative estimate of drug-likeness (QED) is 0.790. The number of sulfonamides is 1. The largest absolute Gasteiger partial charge is 0.396 e. The molecule has 4 nitrogen and oxygen atoms in total. The fourth-order valence-corrected chi connectivity index (χ4v) is 3.22. The van der Waals surface area contributed by atoms with Crippen molar-refractivity contribution in [1.82, 2.24) is 4.72 Å². The van der Waals surface area contributed by atoms with Crippen LogP contribution >= 0.6 is 0 Å². The SMILES string of the molecule is CCCCC(C)NS(=O)(=O)c1cc(C)c(F)c(N)c1. The average Bonchev–Trinajstić information content (AvgIpc) is 2.32. The molecular weight excluding hydrogens is 267 g/mol. The number of anilines is 1. The van der Waals surface area contributed by atoms with E-state index in [1.807, 2.05) is 13.8 Å². The van der Waals surface area contributed by atoms with Crippen LogP contribution < -0.4 is 10.5 Å². The zero-order valence-corrected chi connectivity index (χ0v) is 12.3. The lowest BCUT2D eigenvalue weighted by Gasteiger charge is -2.14. The van der Waals surface area contributed by atoms with E-state index in [1.165, 1.54) is 13.0 Å². The van der Waals surface area contributed by atoms with Gasteiger partial charge in [0.15, 0.2) is 0 Å². The van der Waals surface area contributed by atoms with Crippen LogP contribution in [0.5, 0.6) is 0 Å². The Labute approximate surface area is 114 Å². The molecule has 0 aliphatic rings. The second kappa shape index (κ2) is 6.34. The predicted octanol–water partition coefficient (Wildman–Crippen LogP) is 2.57. The molecule has 0 saturated carbocycles. The zero-order chi connectivity index (χ0) is 14.6. The van der Waals surface area contributed by atoms with Crippen molar-refractivity contribution < 1.29 is 12.8 Å². The molecule has 3 N–H and O–H groups in total. The van der Waals surface area contributed by atoms with Crippen molar-refractivity contribution >= 4 is 15.7 Å². The van der Waals surface area contributed by atoms with Crippen molar-refractivity contribution in [2.24, 2.45) is 0 Å². The molecule has 0 spiro atoms. The smallest absolute Gasteiger partial charge is 0.240 e. The van der Waals surface area contributed by atoms with Crippen LogP contribution in [-0.2, 0) is 10.0 Å². The molecule has 0 saturated heterocycles. The van der Waals surface area contributed by atoms with Gasteiger partial charge in [0, 0.05) is 6.04 Å². The highest BCUT2D eigenvalue weighted by Gasteiger charge is 2.19. The van der Waals surface area contributed by atoms with Crippen LogP contribution in [0.15, 0.2) is 17.0 Å². The minimum Gasteiger partial charge on any atom is -0.396 e. The van der Waals surface area contributed by atoms with Gasteiger partial charge in [-0.15, -0.1) is 0 Å². The van der Waals surface area contributed by atoms with Crippen LogP contribution in [0.2, 0.25) is 0 Å². The van der Waals surface area contributed by atoms with E-state index in [4.69, 9.17) is 5.73 Å². The molecule has 6 heteroatoms. The molecule has 1 aromatic carbocycles. The van der Waals surface area contributed by atoms with E-state index in [0.717, 1.165) is 25.3 Å². The topological polar surface area (TPSA) is 72.2 Å². The number of aryl methyl sites for hydroxylation is 1. The third-order valence-electron chi connectivity index (χ3n) is 2.91. The first-order valence-corrected chi connectivity index (χ1v) is 7.84. The number of nitrogens with two attached hydrogens (primary N) is 1. The third kappa shape index (κ3) is 4.18. The van der Waals surface area contributed by atoms with Crippen molar-refractivity contribution in [3.63, 3.8) is 0 Å². The molecular formula is C13H21FN2O2S. The summed E-state index contributed by atoms with van der Waals surface area (Å²) >= 11 is 0. The maximum absolute atomic E-state index is 13.4. The van der Waals surface area contributed by atoms with Crippen molar-refractivity contribution in [2.45, 2.75) is 51.0 Å². The predicted molar refractivity (Wildman–Crippen MR) is 74.9 cm³/mol.